The second kappa shape index (κ2) is 9.79. The number of hydrogen-bond acceptors (Lipinski definition) is 7. The van der Waals surface area contributed by atoms with Gasteiger partial charge < -0.3 is 29.8 Å². The summed E-state index contributed by atoms with van der Waals surface area (Å²) >= 11 is 0. The SMILES string of the molecule is COc1c(N2CCCc3cc(N4C[C@H](C(N)=O)OC4=O)ccc3C2)c(F)c(C)c2c(=O)c(C(=O)O)cn(C3CC3)c12. The Kier molecular flexibility index (Phi) is 6.35. The third kappa shape index (κ3) is 4.34. The van der Waals surface area contributed by atoms with Crippen LogP contribution in [0.15, 0.2) is 29.2 Å². The number of carboxylic acids is 1. The van der Waals surface area contributed by atoms with Crippen molar-refractivity contribution in [1.29, 1.82) is 0 Å². The lowest BCUT2D eigenvalue weighted by atomic mass is 10.0. The number of ether oxygens (including phenoxy) is 2. The van der Waals surface area contributed by atoms with Crippen molar-refractivity contribution in [3.63, 3.8) is 0 Å². The molecule has 3 aliphatic rings. The predicted molar refractivity (Wildman–Crippen MR) is 147 cm³/mol. The molecule has 12 heteroatoms. The van der Waals surface area contributed by atoms with Gasteiger partial charge in [0.1, 0.15) is 11.3 Å². The van der Waals surface area contributed by atoms with Crippen LogP contribution >= 0.6 is 0 Å². The van der Waals surface area contributed by atoms with Crippen molar-refractivity contribution in [2.24, 2.45) is 5.73 Å². The zero-order valence-electron chi connectivity index (χ0n) is 22.6. The summed E-state index contributed by atoms with van der Waals surface area (Å²) in [5.74, 6) is -2.50. The molecule has 2 aromatic carbocycles. The minimum Gasteiger partial charge on any atom is -0.492 e. The van der Waals surface area contributed by atoms with E-state index in [1.165, 1.54) is 25.1 Å². The number of cyclic esters (lactones) is 1. The minimum atomic E-state index is -1.36. The molecule has 3 aromatic rings. The van der Waals surface area contributed by atoms with Crippen molar-refractivity contribution >= 4 is 40.2 Å². The number of aromatic nitrogens is 1. The highest BCUT2D eigenvalue weighted by Gasteiger charge is 2.37. The summed E-state index contributed by atoms with van der Waals surface area (Å²) in [6.07, 6.45) is 2.65. The molecule has 0 unspecified atom stereocenters. The third-order valence-corrected chi connectivity index (χ3v) is 8.13. The molecule has 1 aliphatic carbocycles. The molecule has 3 heterocycles. The summed E-state index contributed by atoms with van der Waals surface area (Å²) in [6, 6.07) is 5.49. The summed E-state index contributed by atoms with van der Waals surface area (Å²) in [4.78, 5) is 52.2. The Morgan fingerprint density at radius 3 is 2.59 bits per heavy atom. The first kappa shape index (κ1) is 26.6. The fraction of sp³-hybridized carbons (Fsp3) is 0.379. The largest absolute Gasteiger partial charge is 0.492 e. The van der Waals surface area contributed by atoms with Crippen LogP contribution in [0.1, 0.15) is 52.4 Å². The number of halogens is 1. The standard InChI is InChI=1S/C29H29FN4O7/c1-14-21-23(33(17-7-8-17)12-19(25(21)35)28(37)38)26(40-2)24(22(14)30)32-9-3-4-15-10-18(6-5-16(15)11-32)34-13-20(27(31)36)41-29(34)39/h5-6,10,12,17,20H,3-4,7-9,11,13H2,1-2H3,(H2,31,36)(H,37,38)/t20-/m1/s1. The van der Waals surface area contributed by atoms with Crippen LogP contribution in [-0.4, -0.2) is 53.9 Å². The average molecular weight is 565 g/mol. The molecule has 6 rings (SSSR count). The number of carbonyl (C=O) groups is 3. The van der Waals surface area contributed by atoms with E-state index in [1.807, 2.05) is 17.0 Å². The monoisotopic (exact) mass is 564 g/mol. The van der Waals surface area contributed by atoms with E-state index in [9.17, 15) is 24.3 Å². The number of primary amides is 1. The first-order valence-electron chi connectivity index (χ1n) is 13.4. The van der Waals surface area contributed by atoms with Crippen LogP contribution < -0.4 is 25.7 Å². The van der Waals surface area contributed by atoms with Crippen LogP contribution in [-0.2, 0) is 22.5 Å². The van der Waals surface area contributed by atoms with E-state index in [1.54, 1.807) is 10.6 Å². The van der Waals surface area contributed by atoms with Crippen LogP contribution in [0, 0.1) is 12.7 Å². The molecule has 11 nitrogen and oxygen atoms in total. The number of hydrogen-bond donors (Lipinski definition) is 2. The Labute approximate surface area is 233 Å². The molecule has 1 aromatic heterocycles. The van der Waals surface area contributed by atoms with Gasteiger partial charge in [-0.1, -0.05) is 6.07 Å². The van der Waals surface area contributed by atoms with Crippen molar-refractivity contribution in [1.82, 2.24) is 4.57 Å². The van der Waals surface area contributed by atoms with Gasteiger partial charge >= 0.3 is 12.1 Å². The maximum Gasteiger partial charge on any atom is 0.415 e. The summed E-state index contributed by atoms with van der Waals surface area (Å²) in [5, 5.41) is 9.68. The fourth-order valence-electron chi connectivity index (χ4n) is 5.91. The zero-order valence-corrected chi connectivity index (χ0v) is 22.6. The van der Waals surface area contributed by atoms with Gasteiger partial charge in [0.05, 0.1) is 24.6 Å². The van der Waals surface area contributed by atoms with E-state index in [2.05, 4.69) is 0 Å². The number of rotatable bonds is 6. The Hall–Kier alpha value is -4.61. The molecule has 2 aliphatic heterocycles. The van der Waals surface area contributed by atoms with Gasteiger partial charge in [0.15, 0.2) is 17.7 Å². The van der Waals surface area contributed by atoms with Crippen LogP contribution in [0.25, 0.3) is 10.9 Å². The number of methoxy groups -OCH3 is 1. The van der Waals surface area contributed by atoms with Gasteiger partial charge in [-0.15, -0.1) is 0 Å². The van der Waals surface area contributed by atoms with E-state index in [0.717, 1.165) is 24.0 Å². The van der Waals surface area contributed by atoms with Gasteiger partial charge in [0.2, 0.25) is 5.43 Å². The van der Waals surface area contributed by atoms with E-state index < -0.39 is 40.9 Å². The summed E-state index contributed by atoms with van der Waals surface area (Å²) in [5.41, 5.74) is 7.34. The van der Waals surface area contributed by atoms with Crippen LogP contribution in [0.2, 0.25) is 0 Å². The van der Waals surface area contributed by atoms with Crippen molar-refractivity contribution in [2.45, 2.75) is 51.3 Å². The Morgan fingerprint density at radius 2 is 1.95 bits per heavy atom. The third-order valence-electron chi connectivity index (χ3n) is 8.13. The lowest BCUT2D eigenvalue weighted by Gasteiger charge is -2.28. The van der Waals surface area contributed by atoms with E-state index in [4.69, 9.17) is 15.2 Å². The number of benzene rings is 2. The number of pyridine rings is 1. The molecule has 2 amide bonds. The first-order valence-corrected chi connectivity index (χ1v) is 13.4. The predicted octanol–water partition coefficient (Wildman–Crippen LogP) is 3.25. The lowest BCUT2D eigenvalue weighted by Crippen LogP contribution is -2.32. The van der Waals surface area contributed by atoms with Crippen LogP contribution in [0.5, 0.6) is 5.75 Å². The number of fused-ring (bicyclic) bond motifs is 2. The van der Waals surface area contributed by atoms with Gasteiger partial charge in [-0.05, 0) is 55.9 Å². The number of carboxylic acid groups (broad SMARTS) is 1. The van der Waals surface area contributed by atoms with Gasteiger partial charge in [0, 0.05) is 36.6 Å². The van der Waals surface area contributed by atoms with Crippen molar-refractivity contribution in [3.05, 3.63) is 62.7 Å². The lowest BCUT2D eigenvalue weighted by molar-refractivity contribution is -0.124. The Morgan fingerprint density at radius 1 is 1.20 bits per heavy atom. The maximum atomic E-state index is 16.2. The van der Waals surface area contributed by atoms with Crippen molar-refractivity contribution < 1.29 is 33.4 Å². The van der Waals surface area contributed by atoms with Gasteiger partial charge in [-0.25, -0.2) is 14.0 Å². The summed E-state index contributed by atoms with van der Waals surface area (Å²) in [6.45, 7) is 2.35. The quantitative estimate of drug-likeness (QED) is 0.464. The normalized spacial score (nSPS) is 18.7. The number of nitrogens with zero attached hydrogens (tertiary/aromatic N) is 3. The molecule has 0 radical (unpaired) electrons. The van der Waals surface area contributed by atoms with Crippen LogP contribution in [0.3, 0.4) is 0 Å². The number of aryl methyl sites for hydroxylation is 2. The van der Waals surface area contributed by atoms with Gasteiger partial charge in [0.25, 0.3) is 5.91 Å². The molecule has 0 bridgehead atoms. The van der Waals surface area contributed by atoms with Crippen molar-refractivity contribution in [3.8, 4) is 5.75 Å². The molecule has 1 saturated heterocycles. The first-order chi connectivity index (χ1) is 19.6. The molecule has 2 fully saturated rings. The highest BCUT2D eigenvalue weighted by atomic mass is 19.1. The smallest absolute Gasteiger partial charge is 0.415 e. The topological polar surface area (TPSA) is 144 Å². The van der Waals surface area contributed by atoms with Crippen LogP contribution in [0.4, 0.5) is 20.6 Å². The number of aromatic carboxylic acids is 1. The molecule has 1 atom stereocenters. The Bertz CT molecular complexity index is 1700. The molecule has 41 heavy (non-hydrogen) atoms. The molecule has 214 valence electrons. The van der Waals surface area contributed by atoms with E-state index >= 15 is 4.39 Å². The zero-order chi connectivity index (χ0) is 29.2. The average Bonchev–Trinajstić information content (AvgIpc) is 3.73. The van der Waals surface area contributed by atoms with Gasteiger partial charge in [-0.2, -0.15) is 0 Å². The fourth-order valence-corrected chi connectivity index (χ4v) is 5.91. The Balaban J connectivity index is 1.44. The molecule has 1 saturated carbocycles. The van der Waals surface area contributed by atoms with E-state index in [0.29, 0.717) is 37.1 Å². The second-order valence-corrected chi connectivity index (χ2v) is 10.7. The highest BCUT2D eigenvalue weighted by molar-refractivity contribution is 5.99. The number of amides is 2. The van der Waals surface area contributed by atoms with Gasteiger partial charge in [-0.3, -0.25) is 14.5 Å². The number of nitrogens with two attached hydrogens (primary N) is 1. The molecule has 0 spiro atoms. The second-order valence-electron chi connectivity index (χ2n) is 10.7. The molecular formula is C29H29FN4O7. The highest BCUT2D eigenvalue weighted by Crippen LogP contribution is 2.46. The molecule has 3 N–H and O–H groups in total. The van der Waals surface area contributed by atoms with Crippen molar-refractivity contribution in [2.75, 3.05) is 30.0 Å². The number of anilines is 2. The minimum absolute atomic E-state index is 0.00229. The number of carbonyl (C=O) groups excluding carboxylic acids is 2. The summed E-state index contributed by atoms with van der Waals surface area (Å²) < 4.78 is 28.8. The molecular weight excluding hydrogens is 535 g/mol. The van der Waals surface area contributed by atoms with E-state index in [-0.39, 0.29) is 35.0 Å². The summed E-state index contributed by atoms with van der Waals surface area (Å²) in [7, 11) is 1.42. The maximum absolute atomic E-state index is 16.2.